The zero-order chi connectivity index (χ0) is 15.6. The van der Waals surface area contributed by atoms with Crippen molar-refractivity contribution in [2.45, 2.75) is 19.9 Å². The number of benzene rings is 2. The summed E-state index contributed by atoms with van der Waals surface area (Å²) in [4.78, 5) is 0. The van der Waals surface area contributed by atoms with Crippen LogP contribution in [0.15, 0.2) is 30.3 Å². The summed E-state index contributed by atoms with van der Waals surface area (Å²) in [6.45, 7) is 3.98. The van der Waals surface area contributed by atoms with Gasteiger partial charge in [0.15, 0.2) is 0 Å². The van der Waals surface area contributed by atoms with Crippen LogP contribution in [0.1, 0.15) is 28.3 Å². The molecule has 0 aromatic heterocycles. The molecular weight excluding hydrogens is 272 g/mol. The minimum absolute atomic E-state index is 0.00144. The van der Waals surface area contributed by atoms with E-state index in [4.69, 9.17) is 4.74 Å². The van der Waals surface area contributed by atoms with Crippen LogP contribution in [-0.2, 0) is 0 Å². The van der Waals surface area contributed by atoms with Gasteiger partial charge in [0, 0.05) is 17.7 Å². The van der Waals surface area contributed by atoms with Crippen LogP contribution in [0.2, 0.25) is 0 Å². The topological polar surface area (TPSA) is 21.3 Å². The smallest absolute Gasteiger partial charge is 0.134 e. The van der Waals surface area contributed by atoms with E-state index in [1.165, 1.54) is 19.2 Å². The Kier molecular flexibility index (Phi) is 4.58. The minimum atomic E-state index is -0.621. The number of hydrogen-bond acceptors (Lipinski definition) is 2. The monoisotopic (exact) mass is 291 g/mol. The largest absolute Gasteiger partial charge is 0.497 e. The molecule has 1 atom stereocenters. The Morgan fingerprint density at radius 1 is 1.00 bits per heavy atom. The zero-order valence-electron chi connectivity index (χ0n) is 12.6. The van der Waals surface area contributed by atoms with Crippen LogP contribution in [0.3, 0.4) is 0 Å². The molecule has 2 nitrogen and oxygen atoms in total. The van der Waals surface area contributed by atoms with Gasteiger partial charge < -0.3 is 10.1 Å². The summed E-state index contributed by atoms with van der Waals surface area (Å²) in [5.74, 6) is -1.07. The van der Waals surface area contributed by atoms with Crippen LogP contribution in [0.25, 0.3) is 0 Å². The molecule has 0 saturated carbocycles. The summed E-state index contributed by atoms with van der Waals surface area (Å²) in [6.07, 6.45) is 0. The Labute approximate surface area is 123 Å². The van der Waals surface area contributed by atoms with Gasteiger partial charge >= 0.3 is 0 Å². The number of hydrogen-bond donors (Lipinski definition) is 1. The Hall–Kier alpha value is -1.94. The fourth-order valence-corrected chi connectivity index (χ4v) is 2.38. The summed E-state index contributed by atoms with van der Waals surface area (Å²) >= 11 is 0. The van der Waals surface area contributed by atoms with E-state index < -0.39 is 17.7 Å². The fourth-order valence-electron chi connectivity index (χ4n) is 2.38. The van der Waals surface area contributed by atoms with Crippen molar-refractivity contribution in [3.63, 3.8) is 0 Å². The predicted molar refractivity (Wildman–Crippen MR) is 79.7 cm³/mol. The van der Waals surface area contributed by atoms with Crippen LogP contribution in [-0.4, -0.2) is 14.2 Å². The lowest BCUT2D eigenvalue weighted by Crippen LogP contribution is -2.20. The molecule has 4 heteroatoms. The van der Waals surface area contributed by atoms with Crippen molar-refractivity contribution in [3.05, 3.63) is 64.2 Å². The van der Waals surface area contributed by atoms with E-state index in [1.807, 2.05) is 32.0 Å². The molecule has 2 aromatic carbocycles. The Morgan fingerprint density at radius 2 is 1.62 bits per heavy atom. The third-order valence-corrected chi connectivity index (χ3v) is 3.73. The molecule has 0 bridgehead atoms. The molecule has 0 aliphatic heterocycles. The lowest BCUT2D eigenvalue weighted by molar-refractivity contribution is 0.403. The first-order chi connectivity index (χ1) is 9.97. The average Bonchev–Trinajstić information content (AvgIpc) is 2.45. The van der Waals surface area contributed by atoms with Crippen molar-refractivity contribution in [2.24, 2.45) is 0 Å². The third kappa shape index (κ3) is 3.05. The van der Waals surface area contributed by atoms with Crippen molar-refractivity contribution in [1.82, 2.24) is 5.32 Å². The van der Waals surface area contributed by atoms with Gasteiger partial charge in [0.1, 0.15) is 17.4 Å². The van der Waals surface area contributed by atoms with Gasteiger partial charge in [0.25, 0.3) is 0 Å². The fraction of sp³-hybridized carbons (Fsp3) is 0.294. The second-order valence-corrected chi connectivity index (χ2v) is 5.07. The van der Waals surface area contributed by atoms with Crippen LogP contribution in [0.4, 0.5) is 8.78 Å². The molecule has 0 saturated heterocycles. The molecule has 0 amide bonds. The molecule has 0 heterocycles. The maximum absolute atomic E-state index is 14.2. The number of aryl methyl sites for hydroxylation is 2. The van der Waals surface area contributed by atoms with Gasteiger partial charge in [-0.25, -0.2) is 8.78 Å². The number of nitrogens with one attached hydrogen (secondary N) is 1. The van der Waals surface area contributed by atoms with Gasteiger partial charge in [-0.2, -0.15) is 0 Å². The van der Waals surface area contributed by atoms with E-state index in [-0.39, 0.29) is 11.3 Å². The number of methoxy groups -OCH3 is 1. The van der Waals surface area contributed by atoms with E-state index in [0.29, 0.717) is 0 Å². The van der Waals surface area contributed by atoms with E-state index in [2.05, 4.69) is 5.32 Å². The van der Waals surface area contributed by atoms with Crippen LogP contribution < -0.4 is 10.1 Å². The molecule has 21 heavy (non-hydrogen) atoms. The Bertz CT molecular complexity index is 632. The molecule has 0 fully saturated rings. The highest BCUT2D eigenvalue weighted by Crippen LogP contribution is 2.30. The molecule has 1 unspecified atom stereocenters. The minimum Gasteiger partial charge on any atom is -0.497 e. The second kappa shape index (κ2) is 6.22. The van der Waals surface area contributed by atoms with E-state index in [9.17, 15) is 8.78 Å². The molecule has 0 aliphatic rings. The Balaban J connectivity index is 2.53. The highest BCUT2D eigenvalue weighted by molar-refractivity contribution is 5.40. The summed E-state index contributed by atoms with van der Waals surface area (Å²) in [5, 5.41) is 2.98. The quantitative estimate of drug-likeness (QED) is 0.922. The molecule has 0 aliphatic carbocycles. The van der Waals surface area contributed by atoms with Gasteiger partial charge in [-0.15, -0.1) is 0 Å². The highest BCUT2D eigenvalue weighted by atomic mass is 19.1. The molecule has 0 spiro atoms. The summed E-state index contributed by atoms with van der Waals surface area (Å²) in [5.41, 5.74) is 3.05. The zero-order valence-corrected chi connectivity index (χ0v) is 12.6. The highest BCUT2D eigenvalue weighted by Gasteiger charge is 2.22. The first kappa shape index (κ1) is 15.4. The van der Waals surface area contributed by atoms with E-state index in [0.717, 1.165) is 16.7 Å². The first-order valence-electron chi connectivity index (χ1n) is 6.75. The van der Waals surface area contributed by atoms with Gasteiger partial charge in [0.2, 0.25) is 0 Å². The molecular formula is C17H19F2NO. The summed E-state index contributed by atoms with van der Waals surface area (Å²) in [6, 6.07) is 7.63. The molecule has 2 aromatic rings. The van der Waals surface area contributed by atoms with Gasteiger partial charge in [-0.05, 0) is 37.6 Å². The van der Waals surface area contributed by atoms with Gasteiger partial charge in [-0.3, -0.25) is 0 Å². The molecule has 2 rings (SSSR count). The second-order valence-electron chi connectivity index (χ2n) is 5.07. The average molecular weight is 291 g/mol. The van der Waals surface area contributed by atoms with E-state index in [1.54, 1.807) is 7.05 Å². The first-order valence-corrected chi connectivity index (χ1v) is 6.75. The van der Waals surface area contributed by atoms with Gasteiger partial charge in [0.05, 0.1) is 13.2 Å². The van der Waals surface area contributed by atoms with Crippen LogP contribution >= 0.6 is 0 Å². The summed E-state index contributed by atoms with van der Waals surface area (Å²) < 4.78 is 33.4. The standard InChI is InChI=1S/C17H19F2NO/c1-10-5-6-12(7-11(10)2)17(20-3)16-14(18)8-13(21-4)9-15(16)19/h5-9,17,20H,1-4H3. The Morgan fingerprint density at radius 3 is 2.10 bits per heavy atom. The molecule has 0 radical (unpaired) electrons. The SMILES string of the molecule is CNC(c1ccc(C)c(C)c1)c1c(F)cc(OC)cc1F. The van der Waals surface area contributed by atoms with Crippen molar-refractivity contribution < 1.29 is 13.5 Å². The lowest BCUT2D eigenvalue weighted by atomic mass is 9.95. The molecule has 112 valence electrons. The maximum atomic E-state index is 14.2. The maximum Gasteiger partial charge on any atom is 0.134 e. The lowest BCUT2D eigenvalue weighted by Gasteiger charge is -2.20. The predicted octanol–water partition coefficient (Wildman–Crippen LogP) is 3.90. The number of halogens is 2. The van der Waals surface area contributed by atoms with Crippen molar-refractivity contribution in [2.75, 3.05) is 14.2 Å². The number of ether oxygens (including phenoxy) is 1. The van der Waals surface area contributed by atoms with Crippen molar-refractivity contribution in [3.8, 4) is 5.75 Å². The normalized spacial score (nSPS) is 12.3. The van der Waals surface area contributed by atoms with Crippen molar-refractivity contribution in [1.29, 1.82) is 0 Å². The van der Waals surface area contributed by atoms with Crippen LogP contribution in [0, 0.1) is 25.5 Å². The van der Waals surface area contributed by atoms with E-state index >= 15 is 0 Å². The molecule has 1 N–H and O–H groups in total. The van der Waals surface area contributed by atoms with Gasteiger partial charge in [-0.1, -0.05) is 18.2 Å². The summed E-state index contributed by atoms with van der Waals surface area (Å²) in [7, 11) is 3.07. The van der Waals surface area contributed by atoms with Crippen LogP contribution in [0.5, 0.6) is 5.75 Å². The number of rotatable bonds is 4. The van der Waals surface area contributed by atoms with Crippen molar-refractivity contribution >= 4 is 0 Å². The third-order valence-electron chi connectivity index (χ3n) is 3.73.